The lowest BCUT2D eigenvalue weighted by molar-refractivity contribution is -0.312. The fourth-order valence-electron chi connectivity index (χ4n) is 4.13. The van der Waals surface area contributed by atoms with E-state index in [9.17, 15) is 40.9 Å². The lowest BCUT2D eigenvalue weighted by Gasteiger charge is -2.41. The average molecular weight is 495 g/mol. The summed E-state index contributed by atoms with van der Waals surface area (Å²) in [5, 5.41) is 78.2. The van der Waals surface area contributed by atoms with E-state index >= 15 is 0 Å². The van der Waals surface area contributed by atoms with E-state index in [2.05, 4.69) is 0 Å². The van der Waals surface area contributed by atoms with Crippen LogP contribution in [0.2, 0.25) is 0 Å². The molecular weight excluding hydrogens is 460 g/mol. The SMILES string of the molecule is OC[C@H]1OC(O[C@H](CCCCc2ccc(O)c(O)c2)CCc2ccc(O)c(O)c2)[C@H](O)[C@@H](O)[C@@H]1O. The Balaban J connectivity index is 1.62. The highest BCUT2D eigenvalue weighted by Crippen LogP contribution is 2.29. The molecule has 1 saturated heterocycles. The summed E-state index contributed by atoms with van der Waals surface area (Å²) in [4.78, 5) is 0. The van der Waals surface area contributed by atoms with Crippen molar-refractivity contribution in [3.05, 3.63) is 47.5 Å². The van der Waals surface area contributed by atoms with Crippen LogP contribution in [0.3, 0.4) is 0 Å². The molecule has 0 saturated carbocycles. The molecule has 2 aromatic rings. The Morgan fingerprint density at radius 2 is 1.31 bits per heavy atom. The van der Waals surface area contributed by atoms with E-state index in [1.807, 2.05) is 0 Å². The molecule has 8 N–H and O–H groups in total. The summed E-state index contributed by atoms with van der Waals surface area (Å²) >= 11 is 0. The molecule has 0 aliphatic carbocycles. The predicted molar refractivity (Wildman–Crippen MR) is 124 cm³/mol. The Morgan fingerprint density at radius 3 is 1.89 bits per heavy atom. The number of unbranched alkanes of at least 4 members (excludes halogenated alkanes) is 1. The van der Waals surface area contributed by atoms with E-state index in [1.165, 1.54) is 24.3 Å². The minimum Gasteiger partial charge on any atom is -0.504 e. The monoisotopic (exact) mass is 494 g/mol. The average Bonchev–Trinajstić information content (AvgIpc) is 2.84. The summed E-state index contributed by atoms with van der Waals surface area (Å²) in [6.07, 6.45) is -3.64. The molecule has 1 fully saturated rings. The maximum atomic E-state index is 10.3. The number of ether oxygens (including phenoxy) is 2. The van der Waals surface area contributed by atoms with Gasteiger partial charge in [0.2, 0.25) is 0 Å². The van der Waals surface area contributed by atoms with Crippen molar-refractivity contribution >= 4 is 0 Å². The number of rotatable bonds is 11. The number of hydrogen-bond donors (Lipinski definition) is 8. The zero-order valence-electron chi connectivity index (χ0n) is 19.3. The van der Waals surface area contributed by atoms with Crippen molar-refractivity contribution < 1.29 is 50.3 Å². The zero-order valence-corrected chi connectivity index (χ0v) is 19.3. The van der Waals surface area contributed by atoms with Crippen LogP contribution < -0.4 is 0 Å². The van der Waals surface area contributed by atoms with E-state index in [4.69, 9.17) is 9.47 Å². The molecule has 1 aliphatic heterocycles. The van der Waals surface area contributed by atoms with Gasteiger partial charge in [0.05, 0.1) is 12.7 Å². The van der Waals surface area contributed by atoms with Gasteiger partial charge in [-0.1, -0.05) is 18.6 Å². The van der Waals surface area contributed by atoms with Crippen molar-refractivity contribution in [3.63, 3.8) is 0 Å². The Hall–Kier alpha value is -2.60. The van der Waals surface area contributed by atoms with Gasteiger partial charge in [-0.3, -0.25) is 0 Å². The molecule has 0 bridgehead atoms. The van der Waals surface area contributed by atoms with Crippen LogP contribution in [-0.2, 0) is 22.3 Å². The molecule has 0 spiro atoms. The van der Waals surface area contributed by atoms with Crippen LogP contribution in [0, 0.1) is 0 Å². The van der Waals surface area contributed by atoms with Gasteiger partial charge in [-0.05, 0) is 67.5 Å². The van der Waals surface area contributed by atoms with Gasteiger partial charge < -0.3 is 50.3 Å². The third-order valence-electron chi connectivity index (χ3n) is 6.25. The van der Waals surface area contributed by atoms with Crippen LogP contribution >= 0.6 is 0 Å². The third kappa shape index (κ3) is 7.20. The fraction of sp³-hybridized carbons (Fsp3) is 0.520. The summed E-state index contributed by atoms with van der Waals surface area (Å²) in [6, 6.07) is 9.20. The zero-order chi connectivity index (χ0) is 25.5. The second-order valence-electron chi connectivity index (χ2n) is 8.89. The number of aliphatic hydroxyl groups excluding tert-OH is 4. The predicted octanol–water partition coefficient (Wildman–Crippen LogP) is 1.04. The highest BCUT2D eigenvalue weighted by atomic mass is 16.7. The van der Waals surface area contributed by atoms with Crippen molar-refractivity contribution in [1.29, 1.82) is 0 Å². The molecule has 35 heavy (non-hydrogen) atoms. The topological polar surface area (TPSA) is 180 Å². The van der Waals surface area contributed by atoms with Crippen LogP contribution in [0.25, 0.3) is 0 Å². The van der Waals surface area contributed by atoms with Gasteiger partial charge in [0.1, 0.15) is 24.4 Å². The molecule has 1 heterocycles. The van der Waals surface area contributed by atoms with E-state index in [1.54, 1.807) is 12.1 Å². The minimum absolute atomic E-state index is 0.177. The van der Waals surface area contributed by atoms with E-state index in [-0.39, 0.29) is 23.0 Å². The van der Waals surface area contributed by atoms with Gasteiger partial charge in [-0.25, -0.2) is 0 Å². The molecule has 0 aromatic heterocycles. The molecule has 10 heteroatoms. The molecule has 0 radical (unpaired) electrons. The molecule has 0 amide bonds. The Kier molecular flexibility index (Phi) is 9.55. The smallest absolute Gasteiger partial charge is 0.186 e. The molecule has 10 nitrogen and oxygen atoms in total. The molecule has 1 aliphatic rings. The second kappa shape index (κ2) is 12.4. The van der Waals surface area contributed by atoms with Crippen LogP contribution in [0.4, 0.5) is 0 Å². The van der Waals surface area contributed by atoms with Gasteiger partial charge in [0.15, 0.2) is 29.3 Å². The lowest BCUT2D eigenvalue weighted by Crippen LogP contribution is -2.59. The number of aryl methyl sites for hydroxylation is 2. The number of phenolic OH excluding ortho intramolecular Hbond substituents is 4. The van der Waals surface area contributed by atoms with E-state index in [0.717, 1.165) is 17.5 Å². The quantitative estimate of drug-likeness (QED) is 0.166. The van der Waals surface area contributed by atoms with Crippen LogP contribution in [0.15, 0.2) is 36.4 Å². The van der Waals surface area contributed by atoms with Crippen molar-refractivity contribution in [2.45, 2.75) is 75.3 Å². The molecule has 6 atom stereocenters. The normalized spacial score (nSPS) is 25.4. The molecule has 194 valence electrons. The van der Waals surface area contributed by atoms with Crippen LogP contribution in [-0.4, -0.2) is 84.3 Å². The van der Waals surface area contributed by atoms with E-state index in [0.29, 0.717) is 32.1 Å². The highest BCUT2D eigenvalue weighted by Gasteiger charge is 2.44. The number of benzene rings is 2. The molecule has 2 aromatic carbocycles. The standard InChI is InChI=1S/C25H34O10/c26-13-21-22(31)23(32)24(33)25(35-21)34-16(8-5-15-7-10-18(28)20(30)12-15)4-2-1-3-14-6-9-17(27)19(29)11-14/h6-7,9-12,16,21-33H,1-5,8,13H2/t16-,21-,22-,23+,24-,25?/m1/s1. The van der Waals surface area contributed by atoms with Crippen molar-refractivity contribution in [1.82, 2.24) is 0 Å². The number of hydrogen-bond acceptors (Lipinski definition) is 10. The van der Waals surface area contributed by atoms with E-state index < -0.39 is 43.4 Å². The first-order chi connectivity index (χ1) is 16.7. The minimum atomic E-state index is -1.54. The summed E-state index contributed by atoms with van der Waals surface area (Å²) in [5.41, 5.74) is 1.63. The van der Waals surface area contributed by atoms with Gasteiger partial charge >= 0.3 is 0 Å². The number of aromatic hydroxyl groups is 4. The van der Waals surface area contributed by atoms with Crippen molar-refractivity contribution in [2.75, 3.05) is 6.61 Å². The number of aliphatic hydroxyl groups is 4. The summed E-state index contributed by atoms with van der Waals surface area (Å²) in [6.45, 7) is -0.554. The van der Waals surface area contributed by atoms with Crippen LogP contribution in [0.5, 0.6) is 23.0 Å². The van der Waals surface area contributed by atoms with Gasteiger partial charge in [-0.2, -0.15) is 0 Å². The Morgan fingerprint density at radius 1 is 0.714 bits per heavy atom. The summed E-state index contributed by atoms with van der Waals surface area (Å²) < 4.78 is 11.5. The van der Waals surface area contributed by atoms with Crippen molar-refractivity contribution in [3.8, 4) is 23.0 Å². The lowest BCUT2D eigenvalue weighted by atomic mass is 9.98. The van der Waals surface area contributed by atoms with Gasteiger partial charge in [0.25, 0.3) is 0 Å². The first-order valence-corrected chi connectivity index (χ1v) is 11.7. The summed E-state index contributed by atoms with van der Waals surface area (Å²) in [5.74, 6) is -0.806. The van der Waals surface area contributed by atoms with Crippen LogP contribution in [0.1, 0.15) is 36.8 Å². The third-order valence-corrected chi connectivity index (χ3v) is 6.25. The largest absolute Gasteiger partial charge is 0.504 e. The first-order valence-electron chi connectivity index (χ1n) is 11.7. The van der Waals surface area contributed by atoms with Crippen molar-refractivity contribution in [2.24, 2.45) is 0 Å². The second-order valence-corrected chi connectivity index (χ2v) is 8.89. The highest BCUT2D eigenvalue weighted by molar-refractivity contribution is 5.41. The van der Waals surface area contributed by atoms with Gasteiger partial charge in [0, 0.05) is 0 Å². The Bertz CT molecular complexity index is 950. The number of phenols is 4. The molecule has 1 unspecified atom stereocenters. The first kappa shape index (κ1) is 27.0. The summed E-state index contributed by atoms with van der Waals surface area (Å²) in [7, 11) is 0. The maximum absolute atomic E-state index is 10.3. The molecule has 3 rings (SSSR count). The fourth-order valence-corrected chi connectivity index (χ4v) is 4.13. The molecular formula is C25H34O10. The Labute approximate surface area is 203 Å². The van der Waals surface area contributed by atoms with Gasteiger partial charge in [-0.15, -0.1) is 0 Å². The maximum Gasteiger partial charge on any atom is 0.186 e.